The molecule has 1 aromatic heterocycles. The molecule has 0 saturated carbocycles. The number of aromatic nitrogens is 1. The zero-order chi connectivity index (χ0) is 16.1. The standard InChI is InChI=1S/C17H18N4O2/c1-2-11-22-14-5-3-13(4-6-14)16-20-15(12-18)17(23-16)21-9-7-19-8-10-21/h2-6,19H,1,7-11H2. The molecule has 1 aliphatic heterocycles. The van der Waals surface area contributed by atoms with Crippen LogP contribution in [-0.4, -0.2) is 37.8 Å². The highest BCUT2D eigenvalue weighted by Crippen LogP contribution is 2.29. The molecule has 1 fully saturated rings. The van der Waals surface area contributed by atoms with Crippen molar-refractivity contribution in [3.8, 4) is 23.3 Å². The summed E-state index contributed by atoms with van der Waals surface area (Å²) in [6.45, 7) is 7.43. The van der Waals surface area contributed by atoms with Gasteiger partial charge in [-0.1, -0.05) is 12.7 Å². The molecule has 118 valence electrons. The second-order valence-corrected chi connectivity index (χ2v) is 5.15. The van der Waals surface area contributed by atoms with Crippen LogP contribution in [-0.2, 0) is 0 Å². The van der Waals surface area contributed by atoms with Crippen LogP contribution in [0, 0.1) is 11.3 Å². The van der Waals surface area contributed by atoms with Crippen molar-refractivity contribution in [1.29, 1.82) is 5.26 Å². The molecule has 0 amide bonds. The van der Waals surface area contributed by atoms with Gasteiger partial charge in [-0.25, -0.2) is 0 Å². The lowest BCUT2D eigenvalue weighted by molar-refractivity contribution is 0.363. The maximum Gasteiger partial charge on any atom is 0.235 e. The summed E-state index contributed by atoms with van der Waals surface area (Å²) in [5.41, 5.74) is 1.14. The lowest BCUT2D eigenvalue weighted by Crippen LogP contribution is -2.43. The first-order chi connectivity index (χ1) is 11.3. The highest BCUT2D eigenvalue weighted by Gasteiger charge is 2.21. The van der Waals surface area contributed by atoms with Gasteiger partial charge in [0.1, 0.15) is 18.4 Å². The van der Waals surface area contributed by atoms with Gasteiger partial charge in [0.2, 0.25) is 17.5 Å². The maximum absolute atomic E-state index is 9.31. The van der Waals surface area contributed by atoms with Crippen LogP contribution in [0.15, 0.2) is 41.3 Å². The van der Waals surface area contributed by atoms with Gasteiger partial charge in [-0.3, -0.25) is 0 Å². The molecule has 0 unspecified atom stereocenters. The molecular weight excluding hydrogens is 292 g/mol. The third-order valence-corrected chi connectivity index (χ3v) is 3.59. The van der Waals surface area contributed by atoms with Crippen molar-refractivity contribution in [1.82, 2.24) is 10.3 Å². The molecule has 3 rings (SSSR count). The quantitative estimate of drug-likeness (QED) is 0.853. The van der Waals surface area contributed by atoms with Crippen molar-refractivity contribution in [2.75, 3.05) is 37.7 Å². The Morgan fingerprint density at radius 2 is 2.09 bits per heavy atom. The van der Waals surface area contributed by atoms with Crippen LogP contribution < -0.4 is 15.0 Å². The second kappa shape index (κ2) is 6.99. The van der Waals surface area contributed by atoms with E-state index in [0.29, 0.717) is 24.1 Å². The average Bonchev–Trinajstić information content (AvgIpc) is 3.05. The van der Waals surface area contributed by atoms with Crippen molar-refractivity contribution in [2.45, 2.75) is 0 Å². The molecule has 23 heavy (non-hydrogen) atoms. The Balaban J connectivity index is 1.84. The summed E-state index contributed by atoms with van der Waals surface area (Å²) in [5, 5.41) is 12.6. The molecule has 1 aliphatic rings. The lowest BCUT2D eigenvalue weighted by atomic mass is 10.2. The molecule has 2 heterocycles. The van der Waals surface area contributed by atoms with Gasteiger partial charge < -0.3 is 19.4 Å². The normalized spacial score (nSPS) is 14.3. The monoisotopic (exact) mass is 310 g/mol. The van der Waals surface area contributed by atoms with Gasteiger partial charge >= 0.3 is 0 Å². The number of piperazine rings is 1. The van der Waals surface area contributed by atoms with Crippen LogP contribution in [0.2, 0.25) is 0 Å². The second-order valence-electron chi connectivity index (χ2n) is 5.15. The largest absolute Gasteiger partial charge is 0.490 e. The highest BCUT2D eigenvalue weighted by atomic mass is 16.5. The fraction of sp³-hybridized carbons (Fsp3) is 0.294. The van der Waals surface area contributed by atoms with Crippen molar-refractivity contribution in [3.63, 3.8) is 0 Å². The van der Waals surface area contributed by atoms with E-state index in [1.54, 1.807) is 6.08 Å². The first-order valence-electron chi connectivity index (χ1n) is 7.52. The van der Waals surface area contributed by atoms with Crippen LogP contribution in [0.3, 0.4) is 0 Å². The molecule has 1 N–H and O–H groups in total. The minimum absolute atomic E-state index is 0.328. The number of hydrogen-bond acceptors (Lipinski definition) is 6. The molecule has 6 heteroatoms. The van der Waals surface area contributed by atoms with Gasteiger partial charge in [-0.15, -0.1) is 0 Å². The van der Waals surface area contributed by atoms with Gasteiger partial charge in [0, 0.05) is 31.7 Å². The number of ether oxygens (including phenoxy) is 1. The number of benzene rings is 1. The average molecular weight is 310 g/mol. The van der Waals surface area contributed by atoms with E-state index < -0.39 is 0 Å². The zero-order valence-corrected chi connectivity index (χ0v) is 12.8. The SMILES string of the molecule is C=CCOc1ccc(-c2nc(C#N)c(N3CCNCC3)o2)cc1. The Kier molecular flexibility index (Phi) is 4.60. The predicted octanol–water partition coefficient (Wildman–Crippen LogP) is 2.19. The minimum Gasteiger partial charge on any atom is -0.490 e. The van der Waals surface area contributed by atoms with Crippen LogP contribution in [0.4, 0.5) is 5.88 Å². The zero-order valence-electron chi connectivity index (χ0n) is 12.8. The van der Waals surface area contributed by atoms with E-state index in [9.17, 15) is 5.26 Å². The van der Waals surface area contributed by atoms with E-state index in [1.165, 1.54) is 0 Å². The number of rotatable bonds is 5. The van der Waals surface area contributed by atoms with Gasteiger partial charge in [0.05, 0.1) is 0 Å². The Hall–Kier alpha value is -2.78. The van der Waals surface area contributed by atoms with Crippen LogP contribution in [0.5, 0.6) is 5.75 Å². The summed E-state index contributed by atoms with van der Waals surface area (Å²) in [6.07, 6.45) is 1.70. The van der Waals surface area contributed by atoms with Crippen molar-refractivity contribution >= 4 is 5.88 Å². The number of nitriles is 1. The molecule has 6 nitrogen and oxygen atoms in total. The molecular formula is C17H18N4O2. The number of nitrogens with zero attached hydrogens (tertiary/aromatic N) is 3. The first-order valence-corrected chi connectivity index (χ1v) is 7.52. The molecule has 1 saturated heterocycles. The van der Waals surface area contributed by atoms with Crippen LogP contribution in [0.25, 0.3) is 11.5 Å². The van der Waals surface area contributed by atoms with E-state index >= 15 is 0 Å². The molecule has 0 radical (unpaired) electrons. The molecule has 2 aromatic rings. The number of nitrogens with one attached hydrogen (secondary N) is 1. The van der Waals surface area contributed by atoms with Crippen molar-refractivity contribution in [3.05, 3.63) is 42.6 Å². The van der Waals surface area contributed by atoms with Crippen molar-refractivity contribution in [2.24, 2.45) is 0 Å². The molecule has 0 bridgehead atoms. The van der Waals surface area contributed by atoms with E-state index in [-0.39, 0.29) is 0 Å². The van der Waals surface area contributed by atoms with Gasteiger partial charge in [-0.2, -0.15) is 10.2 Å². The molecule has 1 aromatic carbocycles. The summed E-state index contributed by atoms with van der Waals surface area (Å²) in [6, 6.07) is 9.55. The maximum atomic E-state index is 9.31. The van der Waals surface area contributed by atoms with E-state index in [0.717, 1.165) is 37.5 Å². The van der Waals surface area contributed by atoms with Gasteiger partial charge in [0.15, 0.2) is 0 Å². The fourth-order valence-corrected chi connectivity index (χ4v) is 2.44. The number of hydrogen-bond donors (Lipinski definition) is 1. The summed E-state index contributed by atoms with van der Waals surface area (Å²) in [4.78, 5) is 6.37. The van der Waals surface area contributed by atoms with Gasteiger partial charge in [0.25, 0.3) is 0 Å². The Labute approximate surface area is 135 Å². The summed E-state index contributed by atoms with van der Waals surface area (Å²) < 4.78 is 11.3. The lowest BCUT2D eigenvalue weighted by Gasteiger charge is -2.26. The molecule has 0 atom stereocenters. The van der Waals surface area contributed by atoms with Crippen molar-refractivity contribution < 1.29 is 9.15 Å². The molecule has 0 aliphatic carbocycles. The topological polar surface area (TPSA) is 74.3 Å². The van der Waals surface area contributed by atoms with E-state index in [4.69, 9.17) is 9.15 Å². The van der Waals surface area contributed by atoms with E-state index in [1.807, 2.05) is 29.2 Å². The predicted molar refractivity (Wildman–Crippen MR) is 87.4 cm³/mol. The van der Waals surface area contributed by atoms with E-state index in [2.05, 4.69) is 22.9 Å². The first kappa shape index (κ1) is 15.1. The Morgan fingerprint density at radius 1 is 1.35 bits per heavy atom. The Bertz CT molecular complexity index is 709. The summed E-state index contributed by atoms with van der Waals surface area (Å²) in [5.74, 6) is 1.75. The summed E-state index contributed by atoms with van der Waals surface area (Å²) >= 11 is 0. The Morgan fingerprint density at radius 3 is 2.74 bits per heavy atom. The van der Waals surface area contributed by atoms with Crippen LogP contribution in [0.1, 0.15) is 5.69 Å². The van der Waals surface area contributed by atoms with Crippen LogP contribution >= 0.6 is 0 Å². The minimum atomic E-state index is 0.328. The fourth-order valence-electron chi connectivity index (χ4n) is 2.44. The summed E-state index contributed by atoms with van der Waals surface area (Å²) in [7, 11) is 0. The smallest absolute Gasteiger partial charge is 0.235 e. The van der Waals surface area contributed by atoms with Gasteiger partial charge in [-0.05, 0) is 24.3 Å². The third kappa shape index (κ3) is 3.35. The molecule has 0 spiro atoms. The number of anilines is 1. The third-order valence-electron chi connectivity index (χ3n) is 3.59. The number of oxazole rings is 1. The highest BCUT2D eigenvalue weighted by molar-refractivity contribution is 5.60.